The Hall–Kier alpha value is -2.27. The number of aliphatic hydroxyl groups excluding tert-OH is 1. The van der Waals surface area contributed by atoms with E-state index in [1.54, 1.807) is 17.2 Å². The van der Waals surface area contributed by atoms with Gasteiger partial charge >= 0.3 is 6.18 Å². The number of rotatable bonds is 3. The fraction of sp³-hybridized carbons (Fsp3) is 0.222. The van der Waals surface area contributed by atoms with Crippen LogP contribution in [-0.4, -0.2) is 23.2 Å². The van der Waals surface area contributed by atoms with Crippen LogP contribution in [0.5, 0.6) is 0 Å². The second-order valence-electron chi connectivity index (χ2n) is 5.39. The van der Waals surface area contributed by atoms with E-state index >= 15 is 0 Å². The summed E-state index contributed by atoms with van der Waals surface area (Å²) < 4.78 is 40.2. The fourth-order valence-electron chi connectivity index (χ4n) is 3.01. The second-order valence-corrected chi connectivity index (χ2v) is 5.39. The second kappa shape index (κ2) is 6.08. The lowest BCUT2D eigenvalue weighted by Crippen LogP contribution is -2.31. The molecular formula is C18H16F3NO. The SMILES string of the molecule is OCCN1C=Cc2ccccc2C1c1ccccc1C(F)(F)F. The molecule has 1 N–H and O–H groups in total. The van der Waals surface area contributed by atoms with E-state index in [9.17, 15) is 18.3 Å². The molecule has 0 radical (unpaired) electrons. The maximum Gasteiger partial charge on any atom is 0.416 e. The quantitative estimate of drug-likeness (QED) is 0.922. The number of nitrogens with zero attached hydrogens (tertiary/aromatic N) is 1. The molecule has 1 atom stereocenters. The smallest absolute Gasteiger partial charge is 0.395 e. The van der Waals surface area contributed by atoms with Crippen LogP contribution in [0, 0.1) is 0 Å². The Labute approximate surface area is 132 Å². The summed E-state index contributed by atoms with van der Waals surface area (Å²) in [5.74, 6) is 0. The Morgan fingerprint density at radius 1 is 0.957 bits per heavy atom. The molecule has 120 valence electrons. The first-order valence-electron chi connectivity index (χ1n) is 7.32. The summed E-state index contributed by atoms with van der Waals surface area (Å²) in [6.45, 7) is 0.138. The van der Waals surface area contributed by atoms with Gasteiger partial charge in [-0.1, -0.05) is 42.5 Å². The molecule has 1 aliphatic rings. The Bertz CT molecular complexity index is 724. The number of β-amino-alcohol motifs (C(OH)–C–C–N with tert-alkyl or cyclic N) is 1. The predicted octanol–water partition coefficient (Wildman–Crippen LogP) is 4.07. The van der Waals surface area contributed by atoms with Gasteiger partial charge in [-0.2, -0.15) is 13.2 Å². The zero-order valence-electron chi connectivity index (χ0n) is 12.3. The third kappa shape index (κ3) is 2.97. The molecule has 0 aliphatic carbocycles. The molecule has 1 heterocycles. The maximum absolute atomic E-state index is 13.4. The molecule has 0 amide bonds. The molecular weight excluding hydrogens is 303 g/mol. The van der Waals surface area contributed by atoms with Crippen LogP contribution in [0.15, 0.2) is 54.7 Å². The number of fused-ring (bicyclic) bond motifs is 1. The average molecular weight is 319 g/mol. The van der Waals surface area contributed by atoms with Crippen molar-refractivity contribution in [2.45, 2.75) is 12.2 Å². The Morgan fingerprint density at radius 2 is 1.61 bits per heavy atom. The summed E-state index contributed by atoms with van der Waals surface area (Å²) in [5, 5.41) is 9.26. The third-order valence-electron chi connectivity index (χ3n) is 3.99. The van der Waals surface area contributed by atoms with E-state index in [1.807, 2.05) is 30.3 Å². The van der Waals surface area contributed by atoms with Crippen LogP contribution in [0.25, 0.3) is 6.08 Å². The molecule has 0 bridgehead atoms. The standard InChI is InChI=1S/C18H16F3NO/c19-18(20,21)16-8-4-3-7-15(16)17-14-6-2-1-5-13(14)9-10-22(17)11-12-23/h1-10,17,23H,11-12H2. The first kappa shape index (κ1) is 15.6. The van der Waals surface area contributed by atoms with Gasteiger partial charge in [-0.3, -0.25) is 0 Å². The van der Waals surface area contributed by atoms with Crippen molar-refractivity contribution < 1.29 is 18.3 Å². The number of halogens is 3. The summed E-state index contributed by atoms with van der Waals surface area (Å²) in [6, 6.07) is 12.4. The van der Waals surface area contributed by atoms with Crippen LogP contribution >= 0.6 is 0 Å². The van der Waals surface area contributed by atoms with Crippen LogP contribution in [0.3, 0.4) is 0 Å². The van der Waals surface area contributed by atoms with Crippen molar-refractivity contribution in [2.75, 3.05) is 13.2 Å². The monoisotopic (exact) mass is 319 g/mol. The summed E-state index contributed by atoms with van der Waals surface area (Å²) >= 11 is 0. The Kier molecular flexibility index (Phi) is 4.13. The number of benzene rings is 2. The van der Waals surface area contributed by atoms with Crippen molar-refractivity contribution in [2.24, 2.45) is 0 Å². The van der Waals surface area contributed by atoms with E-state index in [0.29, 0.717) is 0 Å². The molecule has 0 saturated carbocycles. The predicted molar refractivity (Wildman–Crippen MR) is 82.6 cm³/mol. The highest BCUT2D eigenvalue weighted by Crippen LogP contribution is 2.41. The van der Waals surface area contributed by atoms with Crippen molar-refractivity contribution in [3.63, 3.8) is 0 Å². The molecule has 1 aliphatic heterocycles. The number of hydrogen-bond acceptors (Lipinski definition) is 2. The van der Waals surface area contributed by atoms with Gasteiger partial charge < -0.3 is 10.0 Å². The average Bonchev–Trinajstić information content (AvgIpc) is 2.54. The lowest BCUT2D eigenvalue weighted by atomic mass is 9.88. The van der Waals surface area contributed by atoms with Crippen LogP contribution in [0.2, 0.25) is 0 Å². The van der Waals surface area contributed by atoms with E-state index in [-0.39, 0.29) is 18.7 Å². The molecule has 3 rings (SSSR count). The lowest BCUT2D eigenvalue weighted by Gasteiger charge is -2.36. The molecule has 23 heavy (non-hydrogen) atoms. The minimum atomic E-state index is -4.42. The van der Waals surface area contributed by atoms with E-state index in [0.717, 1.165) is 17.2 Å². The van der Waals surface area contributed by atoms with E-state index in [1.165, 1.54) is 12.1 Å². The summed E-state index contributed by atoms with van der Waals surface area (Å²) in [7, 11) is 0. The van der Waals surface area contributed by atoms with Gasteiger partial charge in [-0.15, -0.1) is 0 Å². The molecule has 0 aromatic heterocycles. The van der Waals surface area contributed by atoms with Crippen LogP contribution in [0.4, 0.5) is 13.2 Å². The number of aliphatic hydroxyl groups is 1. The molecule has 1 unspecified atom stereocenters. The van der Waals surface area contributed by atoms with E-state index in [2.05, 4.69) is 0 Å². The van der Waals surface area contributed by atoms with Crippen molar-refractivity contribution >= 4 is 6.08 Å². The van der Waals surface area contributed by atoms with Crippen molar-refractivity contribution in [1.29, 1.82) is 0 Å². The zero-order chi connectivity index (χ0) is 16.4. The van der Waals surface area contributed by atoms with E-state index < -0.39 is 17.8 Å². The van der Waals surface area contributed by atoms with Gasteiger partial charge in [0.1, 0.15) is 0 Å². The summed E-state index contributed by atoms with van der Waals surface area (Å²) in [4.78, 5) is 1.74. The topological polar surface area (TPSA) is 23.5 Å². The number of alkyl halides is 3. The Balaban J connectivity index is 2.18. The first-order chi connectivity index (χ1) is 11.0. The highest BCUT2D eigenvalue weighted by atomic mass is 19.4. The fourth-order valence-corrected chi connectivity index (χ4v) is 3.01. The van der Waals surface area contributed by atoms with Crippen molar-refractivity contribution in [1.82, 2.24) is 4.90 Å². The van der Waals surface area contributed by atoms with Gasteiger partial charge in [0, 0.05) is 12.7 Å². The van der Waals surface area contributed by atoms with Gasteiger partial charge in [0.05, 0.1) is 18.2 Å². The molecule has 5 heteroatoms. The molecule has 2 nitrogen and oxygen atoms in total. The minimum Gasteiger partial charge on any atom is -0.395 e. The van der Waals surface area contributed by atoms with Crippen LogP contribution < -0.4 is 0 Å². The maximum atomic E-state index is 13.4. The summed E-state index contributed by atoms with van der Waals surface area (Å²) in [6.07, 6.45) is -0.814. The van der Waals surface area contributed by atoms with Crippen molar-refractivity contribution in [3.05, 3.63) is 77.0 Å². The van der Waals surface area contributed by atoms with Gasteiger partial charge in [-0.25, -0.2) is 0 Å². The van der Waals surface area contributed by atoms with Gasteiger partial charge in [0.15, 0.2) is 0 Å². The Morgan fingerprint density at radius 3 is 2.30 bits per heavy atom. The summed E-state index contributed by atoms with van der Waals surface area (Å²) in [5.41, 5.74) is 1.26. The van der Waals surface area contributed by atoms with Crippen LogP contribution in [0.1, 0.15) is 28.3 Å². The highest BCUT2D eigenvalue weighted by Gasteiger charge is 2.37. The lowest BCUT2D eigenvalue weighted by molar-refractivity contribution is -0.138. The molecule has 0 saturated heterocycles. The highest BCUT2D eigenvalue weighted by molar-refractivity contribution is 5.59. The molecule has 2 aromatic carbocycles. The molecule has 0 spiro atoms. The molecule has 0 fully saturated rings. The van der Waals surface area contributed by atoms with Gasteiger partial charge in [0.25, 0.3) is 0 Å². The zero-order valence-corrected chi connectivity index (χ0v) is 12.3. The minimum absolute atomic E-state index is 0.128. The van der Waals surface area contributed by atoms with Gasteiger partial charge in [-0.05, 0) is 28.8 Å². The van der Waals surface area contributed by atoms with Crippen LogP contribution in [-0.2, 0) is 6.18 Å². The molecule has 2 aromatic rings. The first-order valence-corrected chi connectivity index (χ1v) is 7.32. The number of hydrogen-bond donors (Lipinski definition) is 1. The van der Waals surface area contributed by atoms with Gasteiger partial charge in [0.2, 0.25) is 0 Å². The van der Waals surface area contributed by atoms with E-state index in [4.69, 9.17) is 0 Å². The largest absolute Gasteiger partial charge is 0.416 e. The third-order valence-corrected chi connectivity index (χ3v) is 3.99. The normalized spacial score (nSPS) is 17.2. The van der Waals surface area contributed by atoms with Crippen molar-refractivity contribution in [3.8, 4) is 0 Å².